The average molecular weight is 326 g/mol. The highest BCUT2D eigenvalue weighted by molar-refractivity contribution is 5.42. The van der Waals surface area contributed by atoms with Gasteiger partial charge in [-0.3, -0.25) is 4.57 Å². The second-order valence-corrected chi connectivity index (χ2v) is 4.00. The van der Waals surface area contributed by atoms with Crippen LogP contribution in [0.1, 0.15) is 5.82 Å². The molecule has 0 radical (unpaired) electrons. The summed E-state index contributed by atoms with van der Waals surface area (Å²) in [6, 6.07) is 3.84. The molecule has 0 unspecified atom stereocenters. The fourth-order valence-corrected chi connectivity index (χ4v) is 1.73. The Balaban J connectivity index is 2.42. The summed E-state index contributed by atoms with van der Waals surface area (Å²) in [4.78, 5) is 3.22. The predicted octanol–water partition coefficient (Wildman–Crippen LogP) is 3.80. The van der Waals surface area contributed by atoms with Crippen molar-refractivity contribution in [1.29, 1.82) is 0 Å². The Kier molecular flexibility index (Phi) is 3.94. The Morgan fingerprint density at radius 3 is 2.05 bits per heavy atom. The van der Waals surface area contributed by atoms with Crippen molar-refractivity contribution < 1.29 is 35.8 Å². The van der Waals surface area contributed by atoms with Crippen molar-refractivity contribution in [3.05, 3.63) is 36.3 Å². The number of methoxy groups -OCH3 is 1. The van der Waals surface area contributed by atoms with Crippen molar-refractivity contribution in [3.63, 3.8) is 0 Å². The van der Waals surface area contributed by atoms with E-state index in [2.05, 4.69) is 9.72 Å². The molecule has 0 saturated heterocycles. The maximum Gasteiger partial charge on any atom is 0.573 e. The Bertz CT molecular complexity index is 645. The summed E-state index contributed by atoms with van der Waals surface area (Å²) in [5, 5.41) is 0. The smallest absolute Gasteiger partial charge is 0.481 e. The van der Waals surface area contributed by atoms with E-state index in [0.717, 1.165) is 37.6 Å². The Morgan fingerprint density at radius 1 is 1.00 bits per heavy atom. The first-order valence-corrected chi connectivity index (χ1v) is 5.67. The summed E-state index contributed by atoms with van der Waals surface area (Å²) in [6.07, 6.45) is -8.77. The maximum absolute atomic E-state index is 12.9. The summed E-state index contributed by atoms with van der Waals surface area (Å²) < 4.78 is 83.8. The average Bonchev–Trinajstić information content (AvgIpc) is 2.81. The van der Waals surface area contributed by atoms with Gasteiger partial charge in [0.1, 0.15) is 5.75 Å². The van der Waals surface area contributed by atoms with Gasteiger partial charge in [0.05, 0.1) is 19.0 Å². The summed E-state index contributed by atoms with van der Waals surface area (Å²) in [7, 11) is 1.15. The van der Waals surface area contributed by atoms with Gasteiger partial charge in [0.2, 0.25) is 11.7 Å². The molecule has 2 rings (SSSR count). The van der Waals surface area contributed by atoms with Gasteiger partial charge in [-0.2, -0.15) is 13.2 Å². The lowest BCUT2D eigenvalue weighted by Gasteiger charge is -2.14. The van der Waals surface area contributed by atoms with E-state index < -0.39 is 24.1 Å². The lowest BCUT2D eigenvalue weighted by molar-refractivity contribution is -0.274. The van der Waals surface area contributed by atoms with Gasteiger partial charge in [-0.15, -0.1) is 13.2 Å². The van der Waals surface area contributed by atoms with Crippen LogP contribution in [0.5, 0.6) is 11.6 Å². The van der Waals surface area contributed by atoms with Gasteiger partial charge in [0, 0.05) is 0 Å². The van der Waals surface area contributed by atoms with Crippen LogP contribution in [0.3, 0.4) is 0 Å². The minimum absolute atomic E-state index is 0.0730. The third-order valence-electron chi connectivity index (χ3n) is 2.52. The fraction of sp³-hybridized carbons (Fsp3) is 0.250. The van der Waals surface area contributed by atoms with E-state index in [-0.39, 0.29) is 11.6 Å². The molecule has 1 heterocycles. The lowest BCUT2D eigenvalue weighted by atomic mass is 10.3. The van der Waals surface area contributed by atoms with E-state index in [1.165, 1.54) is 0 Å². The molecule has 120 valence electrons. The van der Waals surface area contributed by atoms with E-state index >= 15 is 0 Å². The molecule has 0 saturated carbocycles. The summed E-state index contributed by atoms with van der Waals surface area (Å²) in [5.74, 6) is -2.02. The number of nitrogens with zero attached hydrogens (tertiary/aromatic N) is 2. The highest BCUT2D eigenvalue weighted by Gasteiger charge is 2.38. The van der Waals surface area contributed by atoms with Crippen LogP contribution in [0.25, 0.3) is 5.69 Å². The van der Waals surface area contributed by atoms with E-state index in [1.54, 1.807) is 0 Å². The predicted molar refractivity (Wildman–Crippen MR) is 61.8 cm³/mol. The normalized spacial score (nSPS) is 12.3. The molecule has 10 heteroatoms. The molecule has 1 aromatic heterocycles. The van der Waals surface area contributed by atoms with Gasteiger partial charge < -0.3 is 9.47 Å². The lowest BCUT2D eigenvalue weighted by Crippen LogP contribution is -2.17. The second-order valence-electron chi connectivity index (χ2n) is 4.00. The van der Waals surface area contributed by atoms with Crippen LogP contribution >= 0.6 is 0 Å². The Labute approximate surface area is 119 Å². The van der Waals surface area contributed by atoms with Crippen LogP contribution in [0.2, 0.25) is 0 Å². The Hall–Kier alpha value is -2.39. The molecule has 4 nitrogen and oxygen atoms in total. The molecule has 0 atom stereocenters. The first-order chi connectivity index (χ1) is 10.1. The molecule has 0 amide bonds. The third kappa shape index (κ3) is 3.43. The minimum Gasteiger partial charge on any atom is -0.481 e. The zero-order valence-corrected chi connectivity index (χ0v) is 10.9. The summed E-state index contributed by atoms with van der Waals surface area (Å²) in [5.41, 5.74) is -0.0730. The number of imidazole rings is 1. The molecule has 0 bridgehead atoms. The molecular weight excluding hydrogens is 318 g/mol. The minimum atomic E-state index is -4.88. The van der Waals surface area contributed by atoms with Crippen LogP contribution in [0.15, 0.2) is 30.5 Å². The van der Waals surface area contributed by atoms with Crippen molar-refractivity contribution in [1.82, 2.24) is 9.55 Å². The number of aromatic nitrogens is 2. The maximum atomic E-state index is 12.9. The topological polar surface area (TPSA) is 36.3 Å². The number of rotatable bonds is 3. The first kappa shape index (κ1) is 16.0. The van der Waals surface area contributed by atoms with Crippen molar-refractivity contribution in [2.24, 2.45) is 0 Å². The monoisotopic (exact) mass is 326 g/mol. The molecular formula is C12H8F6N2O2. The SMILES string of the molecule is COc1cnc(C(F)(F)F)n1-c1ccc(OC(F)(F)F)cc1. The van der Waals surface area contributed by atoms with Crippen LogP contribution in [-0.2, 0) is 6.18 Å². The standard InChI is InChI=1S/C12H8F6N2O2/c1-21-9-6-19-10(11(13,14)15)20(9)7-2-4-8(5-3-7)22-12(16,17)18/h2-6H,1H3. The highest BCUT2D eigenvalue weighted by atomic mass is 19.4. The van der Waals surface area contributed by atoms with Crippen LogP contribution in [0, 0.1) is 0 Å². The molecule has 1 aromatic carbocycles. The van der Waals surface area contributed by atoms with Crippen molar-refractivity contribution in [2.45, 2.75) is 12.5 Å². The second kappa shape index (κ2) is 5.43. The number of hydrogen-bond acceptors (Lipinski definition) is 3. The molecule has 22 heavy (non-hydrogen) atoms. The Morgan fingerprint density at radius 2 is 1.59 bits per heavy atom. The number of ether oxygens (including phenoxy) is 2. The summed E-state index contributed by atoms with van der Waals surface area (Å²) in [6.45, 7) is 0. The van der Waals surface area contributed by atoms with Crippen LogP contribution in [-0.4, -0.2) is 23.0 Å². The quantitative estimate of drug-likeness (QED) is 0.805. The largest absolute Gasteiger partial charge is 0.573 e. The van der Waals surface area contributed by atoms with Crippen molar-refractivity contribution in [3.8, 4) is 17.3 Å². The van der Waals surface area contributed by atoms with Gasteiger partial charge in [0.25, 0.3) is 0 Å². The molecule has 0 spiro atoms. The number of benzene rings is 1. The molecule has 0 fully saturated rings. The molecule has 2 aromatic rings. The van der Waals surface area contributed by atoms with E-state index in [1.807, 2.05) is 0 Å². The molecule has 0 aliphatic rings. The van der Waals surface area contributed by atoms with Gasteiger partial charge in [-0.25, -0.2) is 4.98 Å². The van der Waals surface area contributed by atoms with E-state index in [0.29, 0.717) is 4.57 Å². The van der Waals surface area contributed by atoms with E-state index in [4.69, 9.17) is 4.74 Å². The van der Waals surface area contributed by atoms with Crippen LogP contribution in [0.4, 0.5) is 26.3 Å². The van der Waals surface area contributed by atoms with E-state index in [9.17, 15) is 26.3 Å². The molecule has 0 aliphatic carbocycles. The first-order valence-electron chi connectivity index (χ1n) is 5.67. The van der Waals surface area contributed by atoms with Gasteiger partial charge in [-0.05, 0) is 24.3 Å². The molecule has 0 N–H and O–H groups in total. The van der Waals surface area contributed by atoms with Gasteiger partial charge in [-0.1, -0.05) is 0 Å². The van der Waals surface area contributed by atoms with Crippen molar-refractivity contribution in [2.75, 3.05) is 7.11 Å². The number of hydrogen-bond donors (Lipinski definition) is 0. The van der Waals surface area contributed by atoms with Gasteiger partial charge >= 0.3 is 12.5 Å². The highest BCUT2D eigenvalue weighted by Crippen LogP contribution is 2.34. The number of alkyl halides is 6. The zero-order chi connectivity index (χ0) is 16.5. The zero-order valence-electron chi connectivity index (χ0n) is 10.9. The number of halogens is 6. The third-order valence-corrected chi connectivity index (χ3v) is 2.52. The van der Waals surface area contributed by atoms with Crippen LogP contribution < -0.4 is 9.47 Å². The molecule has 0 aliphatic heterocycles. The van der Waals surface area contributed by atoms with Gasteiger partial charge in [0.15, 0.2) is 0 Å². The fourth-order valence-electron chi connectivity index (χ4n) is 1.73. The van der Waals surface area contributed by atoms with Crippen molar-refractivity contribution >= 4 is 0 Å². The summed E-state index contributed by atoms with van der Waals surface area (Å²) >= 11 is 0.